The Balaban J connectivity index is 2.13. The molecule has 9 heteroatoms. The molecular weight excluding hydrogens is 447 g/mol. The molecule has 0 aromatic heterocycles. The summed E-state index contributed by atoms with van der Waals surface area (Å²) >= 11 is 18.0. The molecule has 6 nitrogen and oxygen atoms in total. The first-order valence-corrected chi connectivity index (χ1v) is 11.2. The van der Waals surface area contributed by atoms with E-state index >= 15 is 0 Å². The third-order valence-electron chi connectivity index (χ3n) is 4.36. The van der Waals surface area contributed by atoms with Gasteiger partial charge in [0.15, 0.2) is 0 Å². The van der Waals surface area contributed by atoms with Gasteiger partial charge in [0.2, 0.25) is 5.79 Å². The van der Waals surface area contributed by atoms with Crippen molar-refractivity contribution in [1.82, 2.24) is 10.6 Å². The van der Waals surface area contributed by atoms with Crippen molar-refractivity contribution in [3.63, 3.8) is 0 Å². The average molecular weight is 477 g/mol. The van der Waals surface area contributed by atoms with Crippen LogP contribution in [0.4, 0.5) is 4.79 Å². The number of nitrogens with one attached hydrogen (secondary N) is 2. The summed E-state index contributed by atoms with van der Waals surface area (Å²) in [7, 11) is 0. The van der Waals surface area contributed by atoms with Gasteiger partial charge in [0.25, 0.3) is 0 Å². The van der Waals surface area contributed by atoms with Crippen molar-refractivity contribution in [2.24, 2.45) is 0 Å². The fourth-order valence-electron chi connectivity index (χ4n) is 3.11. The molecule has 1 aromatic carbocycles. The second-order valence-corrected chi connectivity index (χ2v) is 9.61. The van der Waals surface area contributed by atoms with Gasteiger partial charge in [-0.3, -0.25) is 0 Å². The van der Waals surface area contributed by atoms with Crippen LogP contribution in [0.15, 0.2) is 18.2 Å². The van der Waals surface area contributed by atoms with Gasteiger partial charge in [0.05, 0.1) is 35.3 Å². The summed E-state index contributed by atoms with van der Waals surface area (Å²) in [5.74, 6) is -1.10. The molecule has 1 amide bonds. The summed E-state index contributed by atoms with van der Waals surface area (Å²) in [5.41, 5.74) is 0.0767. The lowest BCUT2D eigenvalue weighted by Crippen LogP contribution is -2.50. The Hall–Kier alpha value is -1.12. The van der Waals surface area contributed by atoms with E-state index < -0.39 is 17.5 Å². The van der Waals surface area contributed by atoms with Crippen molar-refractivity contribution < 1.29 is 19.0 Å². The Kier molecular flexibility index (Phi) is 8.77. The van der Waals surface area contributed by atoms with E-state index in [9.17, 15) is 4.79 Å². The minimum absolute atomic E-state index is 0.113. The molecular formula is C21H30Cl2N2O4S. The molecule has 1 heterocycles. The summed E-state index contributed by atoms with van der Waals surface area (Å²) in [4.78, 5) is 12.7. The number of rotatable bonds is 7. The normalized spacial score (nSPS) is 22.4. The van der Waals surface area contributed by atoms with E-state index in [1.165, 1.54) is 0 Å². The van der Waals surface area contributed by atoms with Crippen LogP contribution in [0.5, 0.6) is 0 Å². The number of hydrogen-bond acceptors (Lipinski definition) is 5. The molecule has 1 fully saturated rings. The third-order valence-corrected chi connectivity index (χ3v) is 5.34. The van der Waals surface area contributed by atoms with E-state index in [1.54, 1.807) is 18.2 Å². The highest BCUT2D eigenvalue weighted by Gasteiger charge is 2.43. The van der Waals surface area contributed by atoms with Crippen molar-refractivity contribution in [1.29, 1.82) is 0 Å². The summed E-state index contributed by atoms with van der Waals surface area (Å²) in [6.07, 6.45) is 0.874. The summed E-state index contributed by atoms with van der Waals surface area (Å²) in [6, 6.07) is 4.80. The molecule has 3 unspecified atom stereocenters. The van der Waals surface area contributed by atoms with E-state index in [1.807, 2.05) is 34.6 Å². The minimum atomic E-state index is -1.10. The molecule has 2 rings (SSSR count). The minimum Gasteiger partial charge on any atom is -0.444 e. The van der Waals surface area contributed by atoms with Crippen LogP contribution >= 0.6 is 35.4 Å². The molecule has 2 N–H and O–H groups in total. The zero-order chi connectivity index (χ0) is 22.5. The highest BCUT2D eigenvalue weighted by Crippen LogP contribution is 2.38. The van der Waals surface area contributed by atoms with Gasteiger partial charge in [-0.1, -0.05) is 54.8 Å². The molecule has 0 spiro atoms. The molecule has 168 valence electrons. The maximum Gasteiger partial charge on any atom is 0.408 e. The van der Waals surface area contributed by atoms with Crippen LogP contribution in [0.2, 0.25) is 10.0 Å². The topological polar surface area (TPSA) is 68.8 Å². The number of benzene rings is 1. The van der Waals surface area contributed by atoms with Gasteiger partial charge >= 0.3 is 6.09 Å². The van der Waals surface area contributed by atoms with Gasteiger partial charge in [0, 0.05) is 10.6 Å². The maximum atomic E-state index is 12.2. The van der Waals surface area contributed by atoms with E-state index in [-0.39, 0.29) is 18.7 Å². The molecule has 0 aliphatic carbocycles. The first-order valence-electron chi connectivity index (χ1n) is 10.0. The maximum absolute atomic E-state index is 12.2. The lowest BCUT2D eigenvalue weighted by molar-refractivity contribution is -0.169. The molecule has 1 aromatic rings. The molecule has 1 aliphatic rings. The molecule has 1 aliphatic heterocycles. The molecule has 0 saturated carbocycles. The van der Waals surface area contributed by atoms with Gasteiger partial charge < -0.3 is 24.8 Å². The monoisotopic (exact) mass is 476 g/mol. The first-order chi connectivity index (χ1) is 14.0. The number of thiocarbonyl (C=S) groups is 1. The summed E-state index contributed by atoms with van der Waals surface area (Å²) in [5, 5.41) is 7.01. The van der Waals surface area contributed by atoms with Gasteiger partial charge in [-0.25, -0.2) is 4.79 Å². The largest absolute Gasteiger partial charge is 0.444 e. The van der Waals surface area contributed by atoms with Crippen LogP contribution in [-0.2, 0) is 20.0 Å². The van der Waals surface area contributed by atoms with Gasteiger partial charge in [-0.05, 0) is 46.2 Å². The zero-order valence-corrected chi connectivity index (χ0v) is 20.3. The number of alkyl carbamates (subject to hydrolysis) is 1. The Morgan fingerprint density at radius 1 is 1.40 bits per heavy atom. The van der Waals surface area contributed by atoms with Crippen LogP contribution in [0.25, 0.3) is 0 Å². The number of hydrogen-bond donors (Lipinski definition) is 2. The average Bonchev–Trinajstić information content (AvgIpc) is 2.99. The fraction of sp³-hybridized carbons (Fsp3) is 0.619. The van der Waals surface area contributed by atoms with Gasteiger partial charge in [-0.15, -0.1) is 0 Å². The van der Waals surface area contributed by atoms with Crippen molar-refractivity contribution in [3.05, 3.63) is 33.8 Å². The van der Waals surface area contributed by atoms with Crippen LogP contribution < -0.4 is 10.6 Å². The van der Waals surface area contributed by atoms with E-state index in [0.717, 1.165) is 6.42 Å². The second kappa shape index (κ2) is 10.5. The molecule has 3 atom stereocenters. The SMILES string of the molecule is CCCC(NC(=O)OC(C)(C)C)C(=S)NCC1(c2ccc(Cl)cc2Cl)OCC(C)O1. The molecule has 1 saturated heterocycles. The van der Waals surface area contributed by atoms with E-state index in [0.29, 0.717) is 33.6 Å². The van der Waals surface area contributed by atoms with Crippen molar-refractivity contribution in [3.8, 4) is 0 Å². The van der Waals surface area contributed by atoms with Gasteiger partial charge in [-0.2, -0.15) is 0 Å². The highest BCUT2D eigenvalue weighted by molar-refractivity contribution is 7.80. The van der Waals surface area contributed by atoms with Crippen molar-refractivity contribution >= 4 is 46.5 Å². The van der Waals surface area contributed by atoms with Crippen LogP contribution in [0, 0.1) is 0 Å². The fourth-order valence-corrected chi connectivity index (χ4v) is 3.91. The van der Waals surface area contributed by atoms with Crippen LogP contribution in [-0.4, -0.2) is 42.0 Å². The standard InChI is InChI=1S/C21H30Cl2N2O4S/c1-6-7-17(25-19(26)29-20(3,4)5)18(30)24-12-21(27-11-13(2)28-21)15-9-8-14(22)10-16(15)23/h8-10,13,17H,6-7,11-12H2,1-5H3,(H,24,30)(H,25,26). The predicted octanol–water partition coefficient (Wildman–Crippen LogP) is 5.19. The molecule has 30 heavy (non-hydrogen) atoms. The number of halogens is 2. The molecule has 0 radical (unpaired) electrons. The summed E-state index contributed by atoms with van der Waals surface area (Å²) < 4.78 is 17.5. The number of carbonyl (C=O) groups excluding carboxylic acids is 1. The lowest BCUT2D eigenvalue weighted by atomic mass is 10.0. The quantitative estimate of drug-likeness (QED) is 0.527. The molecule has 0 bridgehead atoms. The van der Waals surface area contributed by atoms with Crippen molar-refractivity contribution in [2.45, 2.75) is 71.0 Å². The number of carbonyl (C=O) groups is 1. The Bertz CT molecular complexity index is 772. The van der Waals surface area contributed by atoms with Crippen molar-refractivity contribution in [2.75, 3.05) is 13.2 Å². The highest BCUT2D eigenvalue weighted by atomic mass is 35.5. The Morgan fingerprint density at radius 3 is 2.63 bits per heavy atom. The van der Waals surface area contributed by atoms with Crippen LogP contribution in [0.3, 0.4) is 0 Å². The number of amides is 1. The smallest absolute Gasteiger partial charge is 0.408 e. The van der Waals surface area contributed by atoms with Crippen LogP contribution in [0.1, 0.15) is 53.0 Å². The second-order valence-electron chi connectivity index (χ2n) is 8.32. The lowest BCUT2D eigenvalue weighted by Gasteiger charge is -2.31. The van der Waals surface area contributed by atoms with E-state index in [4.69, 9.17) is 49.6 Å². The Morgan fingerprint density at radius 2 is 2.10 bits per heavy atom. The van der Waals surface area contributed by atoms with Gasteiger partial charge in [0.1, 0.15) is 5.60 Å². The van der Waals surface area contributed by atoms with E-state index in [2.05, 4.69) is 10.6 Å². The summed E-state index contributed by atoms with van der Waals surface area (Å²) in [6.45, 7) is 10.0. The first kappa shape index (κ1) is 25.1. The number of ether oxygens (including phenoxy) is 3. The predicted molar refractivity (Wildman–Crippen MR) is 123 cm³/mol. The third kappa shape index (κ3) is 6.95. The Labute approximate surface area is 193 Å². The zero-order valence-electron chi connectivity index (χ0n) is 18.0.